The van der Waals surface area contributed by atoms with Gasteiger partial charge in [0.15, 0.2) is 8.80 Å². The van der Waals surface area contributed by atoms with Gasteiger partial charge in [-0.05, 0) is 67.3 Å². The van der Waals surface area contributed by atoms with Crippen molar-refractivity contribution in [3.8, 4) is 5.75 Å². The summed E-state index contributed by atoms with van der Waals surface area (Å²) in [7, 11) is -1.36. The fourth-order valence-corrected chi connectivity index (χ4v) is 9.63. The SMILES string of the molecule is c1ccc2c([Si](c3cccc4ccccc34)c3ccc(OCC4CCCCC4)c4ccccc34)cccc2c1. The highest BCUT2D eigenvalue weighted by Crippen LogP contribution is 2.29. The van der Waals surface area contributed by atoms with Crippen molar-refractivity contribution in [2.75, 3.05) is 6.61 Å². The van der Waals surface area contributed by atoms with E-state index in [1.807, 2.05) is 0 Å². The molecule has 0 aromatic heterocycles. The Kier molecular flexibility index (Phi) is 6.64. The van der Waals surface area contributed by atoms with Gasteiger partial charge >= 0.3 is 0 Å². The van der Waals surface area contributed by atoms with Gasteiger partial charge in [-0.25, -0.2) is 0 Å². The maximum atomic E-state index is 6.56. The van der Waals surface area contributed by atoms with E-state index in [9.17, 15) is 0 Å². The average Bonchev–Trinajstić information content (AvgIpc) is 3.01. The van der Waals surface area contributed by atoms with Crippen LogP contribution in [-0.4, -0.2) is 15.4 Å². The summed E-state index contributed by atoms with van der Waals surface area (Å²) in [4.78, 5) is 0. The van der Waals surface area contributed by atoms with E-state index in [2.05, 4.69) is 121 Å². The highest BCUT2D eigenvalue weighted by atomic mass is 28.3. The predicted molar refractivity (Wildman–Crippen MR) is 169 cm³/mol. The summed E-state index contributed by atoms with van der Waals surface area (Å²) < 4.78 is 6.56. The zero-order valence-corrected chi connectivity index (χ0v) is 23.3. The van der Waals surface area contributed by atoms with Gasteiger partial charge in [0.05, 0.1) is 6.61 Å². The van der Waals surface area contributed by atoms with Gasteiger partial charge in [-0.3, -0.25) is 0 Å². The van der Waals surface area contributed by atoms with Crippen molar-refractivity contribution in [3.05, 3.63) is 121 Å². The molecule has 6 aromatic rings. The fraction of sp³-hybridized carbons (Fsp3) is 0.189. The summed E-state index contributed by atoms with van der Waals surface area (Å²) >= 11 is 0. The lowest BCUT2D eigenvalue weighted by Crippen LogP contribution is -2.52. The molecule has 39 heavy (non-hydrogen) atoms. The Morgan fingerprint density at radius 2 is 1.00 bits per heavy atom. The van der Waals surface area contributed by atoms with Crippen molar-refractivity contribution < 1.29 is 4.74 Å². The smallest absolute Gasteiger partial charge is 0.156 e. The molecule has 1 radical (unpaired) electrons. The van der Waals surface area contributed by atoms with Gasteiger partial charge in [0, 0.05) is 5.39 Å². The first-order chi connectivity index (χ1) is 19.4. The number of fused-ring (bicyclic) bond motifs is 3. The lowest BCUT2D eigenvalue weighted by molar-refractivity contribution is 0.210. The molecule has 0 atom stereocenters. The van der Waals surface area contributed by atoms with Crippen molar-refractivity contribution >= 4 is 56.7 Å². The number of hydrogen-bond donors (Lipinski definition) is 0. The van der Waals surface area contributed by atoms with Crippen LogP contribution < -0.4 is 20.3 Å². The van der Waals surface area contributed by atoms with Crippen molar-refractivity contribution in [2.45, 2.75) is 32.1 Å². The van der Waals surface area contributed by atoms with Gasteiger partial charge in [0.25, 0.3) is 0 Å². The van der Waals surface area contributed by atoms with Gasteiger partial charge in [0.1, 0.15) is 5.75 Å². The van der Waals surface area contributed by atoms with Crippen LogP contribution in [0.1, 0.15) is 32.1 Å². The summed E-state index contributed by atoms with van der Waals surface area (Å²) in [6, 6.07) is 44.9. The summed E-state index contributed by atoms with van der Waals surface area (Å²) in [6.45, 7) is 0.827. The Labute approximate surface area is 232 Å². The summed E-state index contributed by atoms with van der Waals surface area (Å²) in [5, 5.41) is 12.2. The average molecular weight is 522 g/mol. The third-order valence-corrected chi connectivity index (χ3v) is 11.4. The zero-order chi connectivity index (χ0) is 26.0. The highest BCUT2D eigenvalue weighted by molar-refractivity contribution is 6.99. The van der Waals surface area contributed by atoms with Gasteiger partial charge in [-0.15, -0.1) is 0 Å². The van der Waals surface area contributed by atoms with E-state index in [0.29, 0.717) is 5.92 Å². The second kappa shape index (κ2) is 10.7. The van der Waals surface area contributed by atoms with Crippen LogP contribution in [0.3, 0.4) is 0 Å². The zero-order valence-electron chi connectivity index (χ0n) is 22.3. The molecule has 6 aromatic carbocycles. The molecule has 0 bridgehead atoms. The largest absolute Gasteiger partial charge is 0.493 e. The van der Waals surface area contributed by atoms with E-state index in [0.717, 1.165) is 12.4 Å². The summed E-state index contributed by atoms with van der Waals surface area (Å²) in [5.74, 6) is 1.71. The minimum atomic E-state index is -1.36. The standard InChI is InChI=1S/C37H33OSi/c1-2-12-27(13-3-1)26-38-34-24-25-37(33-21-9-8-20-32(33)34)39(35-22-10-16-28-14-4-6-18-30(28)35)36-23-11-17-29-15-5-7-19-31(29)36/h4-11,14-25,27H,1-3,12-13,26H2. The quantitative estimate of drug-likeness (QED) is 0.162. The number of benzene rings is 6. The Balaban J connectivity index is 1.43. The van der Waals surface area contributed by atoms with Crippen LogP contribution in [0.4, 0.5) is 0 Å². The molecule has 7 rings (SSSR count). The number of rotatable bonds is 6. The molecular weight excluding hydrogens is 488 g/mol. The van der Waals surface area contributed by atoms with Crippen LogP contribution in [-0.2, 0) is 0 Å². The van der Waals surface area contributed by atoms with Crippen LogP contribution in [0, 0.1) is 5.92 Å². The molecule has 191 valence electrons. The normalized spacial score (nSPS) is 14.4. The van der Waals surface area contributed by atoms with Crippen molar-refractivity contribution in [2.24, 2.45) is 5.92 Å². The molecule has 1 saturated carbocycles. The molecule has 1 fully saturated rings. The molecule has 0 unspecified atom stereocenters. The molecule has 1 aliphatic carbocycles. The Hall–Kier alpha value is -3.88. The molecule has 0 amide bonds. The van der Waals surface area contributed by atoms with Crippen LogP contribution in [0.25, 0.3) is 32.3 Å². The maximum absolute atomic E-state index is 6.56. The fourth-order valence-electron chi connectivity index (χ4n) is 6.50. The summed E-state index contributed by atoms with van der Waals surface area (Å²) in [6.07, 6.45) is 6.66. The third kappa shape index (κ3) is 4.64. The molecule has 0 aliphatic heterocycles. The lowest BCUT2D eigenvalue weighted by atomic mass is 9.90. The predicted octanol–water partition coefficient (Wildman–Crippen LogP) is 7.62. The molecule has 0 spiro atoms. The molecule has 1 aliphatic rings. The van der Waals surface area contributed by atoms with Crippen LogP contribution >= 0.6 is 0 Å². The molecule has 1 nitrogen and oxygen atoms in total. The maximum Gasteiger partial charge on any atom is 0.156 e. The lowest BCUT2D eigenvalue weighted by Gasteiger charge is -2.24. The molecule has 2 heteroatoms. The monoisotopic (exact) mass is 521 g/mol. The van der Waals surface area contributed by atoms with Gasteiger partial charge < -0.3 is 4.74 Å². The van der Waals surface area contributed by atoms with Crippen molar-refractivity contribution in [1.82, 2.24) is 0 Å². The second-order valence-electron chi connectivity index (χ2n) is 10.9. The summed E-state index contributed by atoms with van der Waals surface area (Å²) in [5.41, 5.74) is 0. The Morgan fingerprint density at radius 3 is 1.64 bits per heavy atom. The van der Waals surface area contributed by atoms with E-state index in [-0.39, 0.29) is 0 Å². The first-order valence-corrected chi connectivity index (χ1v) is 15.8. The van der Waals surface area contributed by atoms with E-state index >= 15 is 0 Å². The van der Waals surface area contributed by atoms with Crippen molar-refractivity contribution in [3.63, 3.8) is 0 Å². The minimum Gasteiger partial charge on any atom is -0.493 e. The van der Waals surface area contributed by atoms with Crippen LogP contribution in [0.2, 0.25) is 0 Å². The molecule has 0 heterocycles. The Bertz CT molecular complexity index is 1680. The highest BCUT2D eigenvalue weighted by Gasteiger charge is 2.26. The number of hydrogen-bond acceptors (Lipinski definition) is 1. The van der Waals surface area contributed by atoms with Crippen molar-refractivity contribution in [1.29, 1.82) is 0 Å². The van der Waals surface area contributed by atoms with E-state index in [4.69, 9.17) is 4.74 Å². The van der Waals surface area contributed by atoms with Gasteiger partial charge in [-0.1, -0.05) is 135 Å². The third-order valence-electron chi connectivity index (χ3n) is 8.47. The molecule has 0 N–H and O–H groups in total. The van der Waals surface area contributed by atoms with Crippen LogP contribution in [0.5, 0.6) is 5.75 Å². The van der Waals surface area contributed by atoms with E-state index in [1.165, 1.54) is 80.0 Å². The molecule has 0 saturated heterocycles. The first kappa shape index (κ1) is 24.2. The topological polar surface area (TPSA) is 9.23 Å². The van der Waals surface area contributed by atoms with E-state index < -0.39 is 8.80 Å². The van der Waals surface area contributed by atoms with Gasteiger partial charge in [0.2, 0.25) is 0 Å². The molecular formula is C37H33OSi. The van der Waals surface area contributed by atoms with Gasteiger partial charge in [-0.2, -0.15) is 0 Å². The second-order valence-corrected chi connectivity index (χ2v) is 13.3. The number of ether oxygens (including phenoxy) is 1. The van der Waals surface area contributed by atoms with E-state index in [1.54, 1.807) is 0 Å². The van der Waals surface area contributed by atoms with Crippen LogP contribution in [0.15, 0.2) is 121 Å². The minimum absolute atomic E-state index is 0.683. The Morgan fingerprint density at radius 1 is 0.487 bits per heavy atom. The first-order valence-electron chi connectivity index (χ1n) is 14.3.